The first-order valence-electron chi connectivity index (χ1n) is 10.6. The number of rotatable bonds is 5. The van der Waals surface area contributed by atoms with E-state index in [1.165, 1.54) is 19.2 Å². The summed E-state index contributed by atoms with van der Waals surface area (Å²) in [6, 6.07) is 2.60. The smallest absolute Gasteiger partial charge is 0.367 e. The Labute approximate surface area is 187 Å². The third-order valence-electron chi connectivity index (χ3n) is 5.76. The molecule has 9 nitrogen and oxygen atoms in total. The molecule has 0 aliphatic carbocycles. The molecule has 1 fully saturated rings. The lowest BCUT2D eigenvalue weighted by molar-refractivity contribution is -0.140. The van der Waals surface area contributed by atoms with Gasteiger partial charge in [0.2, 0.25) is 0 Å². The number of fused-ring (bicyclic) bond motifs is 1. The van der Waals surface area contributed by atoms with Crippen molar-refractivity contribution in [2.75, 3.05) is 38.1 Å². The molecular weight excluding hydrogens is 439 g/mol. The van der Waals surface area contributed by atoms with Gasteiger partial charge in [-0.05, 0) is 18.6 Å². The summed E-state index contributed by atoms with van der Waals surface area (Å²) in [6.45, 7) is 4.16. The van der Waals surface area contributed by atoms with Crippen LogP contribution in [0.15, 0.2) is 29.3 Å². The van der Waals surface area contributed by atoms with Crippen LogP contribution in [0.5, 0.6) is 0 Å². The maximum Gasteiger partial charge on any atom is 0.435 e. The minimum atomic E-state index is -4.68. The molecule has 176 valence electrons. The van der Waals surface area contributed by atoms with Crippen molar-refractivity contribution in [3.8, 4) is 0 Å². The first-order chi connectivity index (χ1) is 15.7. The highest BCUT2D eigenvalue weighted by atomic mass is 19.4. The molecule has 0 atom stereocenters. The van der Waals surface area contributed by atoms with E-state index in [2.05, 4.69) is 25.3 Å². The van der Waals surface area contributed by atoms with Crippen LogP contribution in [0.3, 0.4) is 0 Å². The summed E-state index contributed by atoms with van der Waals surface area (Å²) in [5.41, 5.74) is 0.571. The zero-order valence-corrected chi connectivity index (χ0v) is 18.2. The molecule has 1 aliphatic rings. The summed E-state index contributed by atoms with van der Waals surface area (Å²) in [5, 5.41) is 6.60. The fourth-order valence-electron chi connectivity index (χ4n) is 3.95. The van der Waals surface area contributed by atoms with Gasteiger partial charge in [0.15, 0.2) is 5.69 Å². The van der Waals surface area contributed by atoms with E-state index < -0.39 is 17.8 Å². The maximum atomic E-state index is 13.6. The number of aromatic nitrogens is 4. The lowest BCUT2D eigenvalue weighted by Crippen LogP contribution is -2.46. The van der Waals surface area contributed by atoms with Gasteiger partial charge in [-0.1, -0.05) is 6.92 Å². The van der Waals surface area contributed by atoms with E-state index in [4.69, 9.17) is 0 Å². The molecule has 1 aliphatic heterocycles. The van der Waals surface area contributed by atoms with E-state index in [1.54, 1.807) is 21.8 Å². The van der Waals surface area contributed by atoms with Gasteiger partial charge in [0.1, 0.15) is 11.3 Å². The van der Waals surface area contributed by atoms with Gasteiger partial charge in [0.25, 0.3) is 11.5 Å². The van der Waals surface area contributed by atoms with Gasteiger partial charge in [0, 0.05) is 57.1 Å². The Bertz CT molecular complexity index is 1230. The second kappa shape index (κ2) is 8.85. The first-order valence-corrected chi connectivity index (χ1v) is 10.6. The fourth-order valence-corrected chi connectivity index (χ4v) is 3.95. The van der Waals surface area contributed by atoms with Crippen molar-refractivity contribution < 1.29 is 18.0 Å². The molecule has 1 amide bonds. The van der Waals surface area contributed by atoms with Crippen LogP contribution in [-0.2, 0) is 19.1 Å². The van der Waals surface area contributed by atoms with Crippen molar-refractivity contribution in [1.82, 2.24) is 29.8 Å². The molecule has 1 saturated heterocycles. The van der Waals surface area contributed by atoms with Crippen LogP contribution in [0, 0.1) is 0 Å². The zero-order chi connectivity index (χ0) is 23.8. The normalized spacial score (nSPS) is 15.2. The number of aromatic amines is 1. The Hall–Kier alpha value is -3.41. The van der Waals surface area contributed by atoms with Crippen molar-refractivity contribution in [3.63, 3.8) is 0 Å². The minimum Gasteiger partial charge on any atom is -0.367 e. The molecule has 0 radical (unpaired) electrons. The molecule has 0 saturated carbocycles. The maximum absolute atomic E-state index is 13.6. The van der Waals surface area contributed by atoms with Gasteiger partial charge in [0.05, 0.1) is 11.9 Å². The van der Waals surface area contributed by atoms with Gasteiger partial charge in [-0.15, -0.1) is 0 Å². The van der Waals surface area contributed by atoms with Gasteiger partial charge in [-0.2, -0.15) is 18.3 Å². The van der Waals surface area contributed by atoms with E-state index in [-0.39, 0.29) is 16.9 Å². The third kappa shape index (κ3) is 4.56. The van der Waals surface area contributed by atoms with E-state index in [0.717, 1.165) is 5.56 Å². The Morgan fingerprint density at radius 1 is 1.18 bits per heavy atom. The summed E-state index contributed by atoms with van der Waals surface area (Å²) in [7, 11) is 1.34. The number of nitrogens with zero attached hydrogens (tertiary/aromatic N) is 5. The van der Waals surface area contributed by atoms with E-state index in [0.29, 0.717) is 50.4 Å². The van der Waals surface area contributed by atoms with E-state index >= 15 is 0 Å². The molecule has 0 bridgehead atoms. The van der Waals surface area contributed by atoms with Crippen molar-refractivity contribution in [3.05, 3.63) is 57.4 Å². The SMILES string of the molecule is CCc1cn2ncc(CN3CCN(c4ccc(C(=O)NC)nc4C(F)(F)F)CC3)c2[nH]c1=O. The van der Waals surface area contributed by atoms with Crippen LogP contribution in [-0.4, -0.2) is 63.6 Å². The Balaban J connectivity index is 1.49. The molecule has 3 aromatic heterocycles. The zero-order valence-electron chi connectivity index (χ0n) is 18.2. The van der Waals surface area contributed by atoms with Gasteiger partial charge < -0.3 is 15.2 Å². The third-order valence-corrected chi connectivity index (χ3v) is 5.76. The van der Waals surface area contributed by atoms with E-state index in [1.807, 2.05) is 6.92 Å². The number of nitrogens with one attached hydrogen (secondary N) is 2. The van der Waals surface area contributed by atoms with E-state index in [9.17, 15) is 22.8 Å². The van der Waals surface area contributed by atoms with Crippen molar-refractivity contribution in [1.29, 1.82) is 0 Å². The van der Waals surface area contributed by atoms with Crippen LogP contribution in [0.2, 0.25) is 0 Å². The van der Waals surface area contributed by atoms with Gasteiger partial charge in [-0.25, -0.2) is 9.50 Å². The molecule has 33 heavy (non-hydrogen) atoms. The average molecular weight is 463 g/mol. The molecule has 4 rings (SSSR count). The number of carbonyl (C=O) groups excluding carboxylic acids is 1. The highest BCUT2D eigenvalue weighted by Crippen LogP contribution is 2.35. The number of carbonyl (C=O) groups is 1. The molecule has 4 heterocycles. The number of amides is 1. The highest BCUT2D eigenvalue weighted by Gasteiger charge is 2.38. The second-order valence-corrected chi connectivity index (χ2v) is 7.83. The number of alkyl halides is 3. The van der Waals surface area contributed by atoms with Gasteiger partial charge in [-0.3, -0.25) is 14.5 Å². The number of piperazine rings is 1. The number of halogens is 3. The topological polar surface area (TPSA) is 98.6 Å². The minimum absolute atomic E-state index is 0.0396. The molecule has 0 spiro atoms. The summed E-state index contributed by atoms with van der Waals surface area (Å²) in [4.78, 5) is 34.1. The fraction of sp³-hybridized carbons (Fsp3) is 0.429. The summed E-state index contributed by atoms with van der Waals surface area (Å²) in [5.74, 6) is -0.672. The van der Waals surface area contributed by atoms with Crippen LogP contribution in [0.4, 0.5) is 18.9 Å². The molecule has 3 aromatic rings. The summed E-state index contributed by atoms with van der Waals surface area (Å²) in [6.07, 6.45) is -0.678. The lowest BCUT2D eigenvalue weighted by Gasteiger charge is -2.36. The molecular formula is C21H24F3N7O2. The summed E-state index contributed by atoms with van der Waals surface area (Å²) < 4.78 is 42.6. The van der Waals surface area contributed by atoms with Crippen molar-refractivity contribution >= 4 is 17.2 Å². The predicted octanol–water partition coefficient (Wildman–Crippen LogP) is 1.68. The first kappa shape index (κ1) is 22.8. The Morgan fingerprint density at radius 2 is 1.91 bits per heavy atom. The number of hydrogen-bond acceptors (Lipinski definition) is 6. The molecule has 0 unspecified atom stereocenters. The number of anilines is 1. The molecule has 2 N–H and O–H groups in total. The number of pyridine rings is 1. The highest BCUT2D eigenvalue weighted by molar-refractivity contribution is 5.92. The lowest BCUT2D eigenvalue weighted by atomic mass is 10.2. The quantitative estimate of drug-likeness (QED) is 0.598. The van der Waals surface area contributed by atoms with Gasteiger partial charge >= 0.3 is 6.18 Å². The monoisotopic (exact) mass is 463 g/mol. The predicted molar refractivity (Wildman–Crippen MR) is 115 cm³/mol. The van der Waals surface area contributed by atoms with Crippen LogP contribution in [0.1, 0.15) is 34.2 Å². The van der Waals surface area contributed by atoms with Crippen molar-refractivity contribution in [2.45, 2.75) is 26.1 Å². The van der Waals surface area contributed by atoms with Crippen LogP contribution >= 0.6 is 0 Å². The Morgan fingerprint density at radius 3 is 2.55 bits per heavy atom. The number of aryl methyl sites for hydroxylation is 1. The largest absolute Gasteiger partial charge is 0.435 e. The number of H-pyrrole nitrogens is 1. The van der Waals surface area contributed by atoms with Crippen LogP contribution in [0.25, 0.3) is 5.65 Å². The summed E-state index contributed by atoms with van der Waals surface area (Å²) >= 11 is 0. The second-order valence-electron chi connectivity index (χ2n) is 7.83. The average Bonchev–Trinajstić information content (AvgIpc) is 3.18. The molecule has 12 heteroatoms. The molecule has 0 aromatic carbocycles. The number of hydrogen-bond donors (Lipinski definition) is 2. The van der Waals surface area contributed by atoms with Crippen molar-refractivity contribution in [2.24, 2.45) is 0 Å². The standard InChI is InChI=1S/C21H24F3N7O2/c1-3-13-12-31-18(28-19(13)32)14(10-26-31)11-29-6-8-30(9-7-29)16-5-4-15(20(33)25-2)27-17(16)21(22,23)24/h4-5,10,12H,3,6-9,11H2,1-2H3,(H,25,33)(H,28,32). The van der Waals surface area contributed by atoms with Crippen LogP contribution < -0.4 is 15.8 Å². The Kier molecular flexibility index (Phi) is 6.11.